The maximum absolute atomic E-state index is 13.0. The van der Waals surface area contributed by atoms with Gasteiger partial charge in [-0.05, 0) is 30.3 Å². The lowest BCUT2D eigenvalue weighted by Crippen LogP contribution is -2.28. The highest BCUT2D eigenvalue weighted by Crippen LogP contribution is 2.38. The van der Waals surface area contributed by atoms with Gasteiger partial charge in [0.05, 0.1) is 18.2 Å². The second-order valence-corrected chi connectivity index (χ2v) is 7.92. The van der Waals surface area contributed by atoms with Gasteiger partial charge in [-0.15, -0.1) is 0 Å². The van der Waals surface area contributed by atoms with E-state index < -0.39 is 52.7 Å². The zero-order valence-electron chi connectivity index (χ0n) is 16.7. The van der Waals surface area contributed by atoms with E-state index in [1.807, 2.05) is 5.32 Å². The molecular formula is C20H15F6N3O3S. The SMILES string of the molecule is COc1ccccc1/N=C1\NC(=O)C(CC(=O)Nc2cc(C(F)(F)F)cc(C(F)(F)F)c2)S1. The van der Waals surface area contributed by atoms with Crippen LogP contribution in [0.25, 0.3) is 0 Å². The molecule has 2 aromatic rings. The molecule has 0 aliphatic carbocycles. The number of thioether (sulfide) groups is 1. The number of rotatable bonds is 5. The quantitative estimate of drug-likeness (QED) is 0.579. The zero-order chi connectivity index (χ0) is 24.4. The third-order valence-corrected chi connectivity index (χ3v) is 5.41. The number of carbonyl (C=O) groups excluding carboxylic acids is 2. The number of halogens is 6. The lowest BCUT2D eigenvalue weighted by Gasteiger charge is -2.15. The van der Waals surface area contributed by atoms with E-state index in [2.05, 4.69) is 10.3 Å². The molecule has 176 valence electrons. The average molecular weight is 491 g/mol. The van der Waals surface area contributed by atoms with E-state index in [9.17, 15) is 35.9 Å². The molecule has 2 N–H and O–H groups in total. The number of ether oxygens (including phenoxy) is 1. The van der Waals surface area contributed by atoms with Gasteiger partial charge < -0.3 is 15.4 Å². The van der Waals surface area contributed by atoms with E-state index in [1.165, 1.54) is 7.11 Å². The van der Waals surface area contributed by atoms with Gasteiger partial charge >= 0.3 is 12.4 Å². The van der Waals surface area contributed by atoms with Gasteiger partial charge in [-0.3, -0.25) is 9.59 Å². The Morgan fingerprint density at radius 1 is 1.09 bits per heavy atom. The van der Waals surface area contributed by atoms with Crippen molar-refractivity contribution in [3.05, 3.63) is 53.6 Å². The molecule has 0 saturated carbocycles. The number of aliphatic imine (C=N–C) groups is 1. The van der Waals surface area contributed by atoms with Crippen LogP contribution in [0.15, 0.2) is 47.5 Å². The van der Waals surface area contributed by atoms with Gasteiger partial charge in [0.25, 0.3) is 0 Å². The van der Waals surface area contributed by atoms with E-state index in [1.54, 1.807) is 24.3 Å². The number of nitrogens with zero attached hydrogens (tertiary/aromatic N) is 1. The van der Waals surface area contributed by atoms with Crippen molar-refractivity contribution in [2.45, 2.75) is 24.0 Å². The monoisotopic (exact) mass is 491 g/mol. The number of para-hydroxylation sites is 2. The summed E-state index contributed by atoms with van der Waals surface area (Å²) in [7, 11) is 1.44. The van der Waals surface area contributed by atoms with Gasteiger partial charge in [-0.1, -0.05) is 23.9 Å². The summed E-state index contributed by atoms with van der Waals surface area (Å²) in [4.78, 5) is 28.7. The first-order valence-electron chi connectivity index (χ1n) is 9.15. The lowest BCUT2D eigenvalue weighted by molar-refractivity contribution is -0.143. The lowest BCUT2D eigenvalue weighted by atomic mass is 10.1. The number of amides is 2. The summed E-state index contributed by atoms with van der Waals surface area (Å²) in [5.74, 6) is -1.08. The zero-order valence-corrected chi connectivity index (χ0v) is 17.5. The number of anilines is 1. The topological polar surface area (TPSA) is 79.8 Å². The van der Waals surface area contributed by atoms with E-state index in [0.717, 1.165) is 11.8 Å². The fraction of sp³-hybridized carbons (Fsp3) is 0.250. The molecule has 13 heteroatoms. The molecule has 2 amide bonds. The summed E-state index contributed by atoms with van der Waals surface area (Å²) in [5.41, 5.74) is -3.40. The van der Waals surface area contributed by atoms with Gasteiger partial charge in [0.1, 0.15) is 16.7 Å². The molecule has 0 bridgehead atoms. The van der Waals surface area contributed by atoms with Crippen LogP contribution in [-0.4, -0.2) is 29.3 Å². The van der Waals surface area contributed by atoms with Crippen LogP contribution >= 0.6 is 11.8 Å². The Hall–Kier alpha value is -3.22. The maximum Gasteiger partial charge on any atom is 0.416 e. The van der Waals surface area contributed by atoms with Crippen LogP contribution in [-0.2, 0) is 21.9 Å². The Bertz CT molecular complexity index is 1070. The highest BCUT2D eigenvalue weighted by Gasteiger charge is 2.37. The normalized spacial score (nSPS) is 17.7. The van der Waals surface area contributed by atoms with Crippen molar-refractivity contribution in [1.82, 2.24) is 5.32 Å². The first-order valence-corrected chi connectivity index (χ1v) is 10.0. The number of methoxy groups -OCH3 is 1. The van der Waals surface area contributed by atoms with Crippen molar-refractivity contribution in [3.8, 4) is 5.75 Å². The number of hydrogen-bond donors (Lipinski definition) is 2. The minimum atomic E-state index is -5.05. The van der Waals surface area contributed by atoms with Gasteiger partial charge in [0.2, 0.25) is 11.8 Å². The molecule has 0 radical (unpaired) electrons. The maximum atomic E-state index is 13.0. The smallest absolute Gasteiger partial charge is 0.416 e. The summed E-state index contributed by atoms with van der Waals surface area (Å²) in [5, 5.41) is 3.66. The first kappa shape index (κ1) is 24.4. The van der Waals surface area contributed by atoms with Crippen LogP contribution in [0.5, 0.6) is 5.75 Å². The molecule has 0 aromatic heterocycles. The largest absolute Gasteiger partial charge is 0.494 e. The van der Waals surface area contributed by atoms with Gasteiger partial charge in [-0.25, -0.2) is 4.99 Å². The summed E-state index contributed by atoms with van der Waals surface area (Å²) in [6.45, 7) is 0. The van der Waals surface area contributed by atoms with Crippen molar-refractivity contribution in [1.29, 1.82) is 0 Å². The fourth-order valence-electron chi connectivity index (χ4n) is 2.83. The predicted octanol–water partition coefficient (Wildman–Crippen LogP) is 4.98. The average Bonchev–Trinajstić information content (AvgIpc) is 3.05. The second kappa shape index (κ2) is 9.33. The second-order valence-electron chi connectivity index (χ2n) is 6.73. The van der Waals surface area contributed by atoms with Crippen LogP contribution in [0, 0.1) is 0 Å². The van der Waals surface area contributed by atoms with Crippen LogP contribution in [0.3, 0.4) is 0 Å². The van der Waals surface area contributed by atoms with Gasteiger partial charge in [-0.2, -0.15) is 26.3 Å². The standard InChI is InChI=1S/C20H15F6N3O3S/c1-32-14-5-3-2-4-13(14)28-18-29-17(31)15(33-18)9-16(30)27-12-7-10(19(21,22)23)6-11(8-12)20(24,25)26/h2-8,15H,9H2,1H3,(H,27,30)(H,28,29,31). The summed E-state index contributed by atoms with van der Waals surface area (Å²) in [6, 6.07) is 7.43. The Morgan fingerprint density at radius 2 is 1.70 bits per heavy atom. The third-order valence-electron chi connectivity index (χ3n) is 4.33. The number of hydrogen-bond acceptors (Lipinski definition) is 5. The Labute approximate surface area is 187 Å². The van der Waals surface area contributed by atoms with E-state index in [4.69, 9.17) is 4.74 Å². The van der Waals surface area contributed by atoms with Crippen molar-refractivity contribution < 1.29 is 40.7 Å². The van der Waals surface area contributed by atoms with Crippen LogP contribution < -0.4 is 15.4 Å². The highest BCUT2D eigenvalue weighted by atomic mass is 32.2. The van der Waals surface area contributed by atoms with Crippen molar-refractivity contribution >= 4 is 40.1 Å². The van der Waals surface area contributed by atoms with Crippen LogP contribution in [0.4, 0.5) is 37.7 Å². The molecule has 33 heavy (non-hydrogen) atoms. The van der Waals surface area contributed by atoms with Crippen LogP contribution in [0.1, 0.15) is 17.5 Å². The number of nitrogens with one attached hydrogen (secondary N) is 2. The Morgan fingerprint density at radius 3 is 2.27 bits per heavy atom. The summed E-state index contributed by atoms with van der Waals surface area (Å²) >= 11 is 0.899. The number of carbonyl (C=O) groups is 2. The minimum Gasteiger partial charge on any atom is -0.494 e. The predicted molar refractivity (Wildman–Crippen MR) is 109 cm³/mol. The molecule has 0 spiro atoms. The number of benzene rings is 2. The molecule has 1 unspecified atom stereocenters. The van der Waals surface area contributed by atoms with E-state index >= 15 is 0 Å². The van der Waals surface area contributed by atoms with Crippen molar-refractivity contribution in [2.75, 3.05) is 12.4 Å². The number of amidine groups is 1. The van der Waals surface area contributed by atoms with E-state index in [-0.39, 0.29) is 11.2 Å². The Balaban J connectivity index is 1.73. The molecule has 1 saturated heterocycles. The molecule has 2 aromatic carbocycles. The summed E-state index contributed by atoms with van der Waals surface area (Å²) in [6.07, 6.45) is -10.6. The molecule has 1 aliphatic heterocycles. The first-order chi connectivity index (χ1) is 15.4. The number of alkyl halides is 6. The van der Waals surface area contributed by atoms with Crippen LogP contribution in [0.2, 0.25) is 0 Å². The minimum absolute atomic E-state index is 0.0451. The molecular weight excluding hydrogens is 476 g/mol. The molecule has 6 nitrogen and oxygen atoms in total. The Kier molecular flexibility index (Phi) is 6.91. The van der Waals surface area contributed by atoms with Gasteiger partial charge in [0.15, 0.2) is 5.17 Å². The van der Waals surface area contributed by atoms with Gasteiger partial charge in [0, 0.05) is 12.1 Å². The molecule has 1 fully saturated rings. The molecule has 1 heterocycles. The molecule has 3 rings (SSSR count). The summed E-state index contributed by atoms with van der Waals surface area (Å²) < 4.78 is 83.0. The third kappa shape index (κ3) is 6.18. The fourth-order valence-corrected chi connectivity index (χ4v) is 3.81. The molecule has 1 aliphatic rings. The molecule has 1 atom stereocenters. The van der Waals surface area contributed by atoms with Crippen molar-refractivity contribution in [2.24, 2.45) is 4.99 Å². The van der Waals surface area contributed by atoms with E-state index in [0.29, 0.717) is 23.6 Å². The van der Waals surface area contributed by atoms with Crippen molar-refractivity contribution in [3.63, 3.8) is 0 Å². The highest BCUT2D eigenvalue weighted by molar-refractivity contribution is 8.15.